The predicted molar refractivity (Wildman–Crippen MR) is 87.6 cm³/mol. The van der Waals surface area contributed by atoms with Gasteiger partial charge in [-0.15, -0.1) is 0 Å². The van der Waals surface area contributed by atoms with Crippen molar-refractivity contribution in [3.8, 4) is 22.8 Å². The van der Waals surface area contributed by atoms with E-state index < -0.39 is 23.4 Å². The molecule has 1 N–H and O–H groups in total. The lowest BCUT2D eigenvalue weighted by Gasteiger charge is -2.12. The summed E-state index contributed by atoms with van der Waals surface area (Å²) >= 11 is 0. The lowest BCUT2D eigenvalue weighted by Crippen LogP contribution is -2.05. The van der Waals surface area contributed by atoms with Crippen molar-refractivity contribution in [3.63, 3.8) is 0 Å². The maximum Gasteiger partial charge on any atom is 0.303 e. The van der Waals surface area contributed by atoms with Crippen LogP contribution in [0.15, 0.2) is 43.1 Å². The summed E-state index contributed by atoms with van der Waals surface area (Å²) in [5.74, 6) is -3.07. The molecule has 1 heterocycles. The molecule has 25 heavy (non-hydrogen) atoms. The Labute approximate surface area is 143 Å². The van der Waals surface area contributed by atoms with E-state index in [1.54, 1.807) is 12.1 Å². The third-order valence-corrected chi connectivity index (χ3v) is 3.20. The molecule has 0 fully saturated rings. The van der Waals surface area contributed by atoms with E-state index in [9.17, 15) is 13.6 Å². The molecule has 0 amide bonds. The van der Waals surface area contributed by atoms with E-state index in [0.717, 1.165) is 12.1 Å². The van der Waals surface area contributed by atoms with Crippen molar-refractivity contribution in [2.45, 2.75) is 12.8 Å². The smallest absolute Gasteiger partial charge is 0.303 e. The number of rotatable bonds is 9. The van der Waals surface area contributed by atoms with Crippen molar-refractivity contribution in [1.82, 2.24) is 4.98 Å². The molecule has 0 saturated carbocycles. The van der Waals surface area contributed by atoms with Crippen molar-refractivity contribution in [3.05, 3.63) is 54.8 Å². The summed E-state index contributed by atoms with van der Waals surface area (Å²) in [5, 5.41) is 8.54. The first-order chi connectivity index (χ1) is 12.0. The summed E-state index contributed by atoms with van der Waals surface area (Å²) in [6, 6.07) is 5.50. The topological polar surface area (TPSA) is 68.7 Å². The van der Waals surface area contributed by atoms with E-state index in [2.05, 4.69) is 11.6 Å². The zero-order valence-electron chi connectivity index (χ0n) is 13.4. The summed E-state index contributed by atoms with van der Waals surface area (Å²) in [5.41, 5.74) is 0.680. The van der Waals surface area contributed by atoms with Crippen molar-refractivity contribution in [2.75, 3.05) is 13.2 Å². The van der Waals surface area contributed by atoms with E-state index in [1.807, 2.05) is 0 Å². The van der Waals surface area contributed by atoms with Crippen molar-refractivity contribution in [2.24, 2.45) is 0 Å². The van der Waals surface area contributed by atoms with Crippen LogP contribution in [0.3, 0.4) is 0 Å². The van der Waals surface area contributed by atoms with E-state index >= 15 is 0 Å². The fourth-order valence-corrected chi connectivity index (χ4v) is 2.11. The average Bonchev–Trinajstić information content (AvgIpc) is 2.58. The molecule has 1 aromatic carbocycles. The third kappa shape index (κ3) is 5.00. The molecular formula is C18H17F2NO4. The number of carbonyl (C=O) groups is 1. The second-order valence-electron chi connectivity index (χ2n) is 5.07. The second-order valence-corrected chi connectivity index (χ2v) is 5.07. The largest absolute Gasteiger partial charge is 0.488 e. The van der Waals surface area contributed by atoms with Gasteiger partial charge in [0, 0.05) is 18.2 Å². The van der Waals surface area contributed by atoms with Gasteiger partial charge >= 0.3 is 5.97 Å². The number of benzene rings is 1. The number of hydrogen-bond donors (Lipinski definition) is 1. The molecule has 132 valence electrons. The van der Waals surface area contributed by atoms with Crippen LogP contribution in [-0.2, 0) is 4.79 Å². The Bertz CT molecular complexity index is 741. The molecule has 0 unspecified atom stereocenters. The summed E-state index contributed by atoms with van der Waals surface area (Å²) in [4.78, 5) is 14.5. The van der Waals surface area contributed by atoms with Crippen LogP contribution < -0.4 is 9.47 Å². The fraction of sp³-hybridized carbons (Fsp3) is 0.222. The molecule has 0 saturated heterocycles. The van der Waals surface area contributed by atoms with Crippen LogP contribution in [0.1, 0.15) is 12.8 Å². The molecule has 0 radical (unpaired) electrons. The normalized spacial score (nSPS) is 10.3. The van der Waals surface area contributed by atoms with Gasteiger partial charge < -0.3 is 14.6 Å². The van der Waals surface area contributed by atoms with Gasteiger partial charge in [-0.1, -0.05) is 12.7 Å². The maximum atomic E-state index is 14.2. The fourth-order valence-electron chi connectivity index (χ4n) is 2.11. The van der Waals surface area contributed by atoms with Gasteiger partial charge in [-0.25, -0.2) is 13.8 Å². The highest BCUT2D eigenvalue weighted by molar-refractivity contribution is 5.69. The zero-order valence-corrected chi connectivity index (χ0v) is 13.4. The molecule has 0 bridgehead atoms. The molecule has 0 spiro atoms. The number of halogens is 2. The highest BCUT2D eigenvalue weighted by Gasteiger charge is 2.16. The summed E-state index contributed by atoms with van der Waals surface area (Å²) in [6.07, 6.45) is 3.06. The van der Waals surface area contributed by atoms with Gasteiger partial charge in [-0.2, -0.15) is 0 Å². The number of aromatic nitrogens is 1. The van der Waals surface area contributed by atoms with Crippen molar-refractivity contribution in [1.29, 1.82) is 0 Å². The first kappa shape index (κ1) is 18.4. The van der Waals surface area contributed by atoms with Gasteiger partial charge in [0.25, 0.3) is 0 Å². The van der Waals surface area contributed by atoms with Gasteiger partial charge in [0.1, 0.15) is 6.61 Å². The van der Waals surface area contributed by atoms with Crippen LogP contribution in [0.5, 0.6) is 11.6 Å². The predicted octanol–water partition coefficient (Wildman–Crippen LogP) is 3.84. The van der Waals surface area contributed by atoms with Crippen LogP contribution in [0.25, 0.3) is 11.1 Å². The SMILES string of the molecule is C=CCOc1ncccc1-c1cc(F)c(OCCCC(=O)O)c(F)c1. The molecule has 2 rings (SSSR count). The lowest BCUT2D eigenvalue weighted by molar-refractivity contribution is -0.137. The number of aliphatic carboxylic acids is 1. The third-order valence-electron chi connectivity index (χ3n) is 3.20. The van der Waals surface area contributed by atoms with E-state index in [0.29, 0.717) is 5.56 Å². The quantitative estimate of drug-likeness (QED) is 0.550. The molecule has 0 aliphatic rings. The molecule has 0 aliphatic heterocycles. The van der Waals surface area contributed by atoms with Gasteiger partial charge in [-0.3, -0.25) is 4.79 Å². The van der Waals surface area contributed by atoms with E-state index in [1.165, 1.54) is 12.3 Å². The van der Waals surface area contributed by atoms with Crippen LogP contribution in [0, 0.1) is 11.6 Å². The summed E-state index contributed by atoms with van der Waals surface area (Å²) in [7, 11) is 0. The zero-order chi connectivity index (χ0) is 18.2. The van der Waals surface area contributed by atoms with Gasteiger partial charge in [-0.05, 0) is 36.2 Å². The lowest BCUT2D eigenvalue weighted by atomic mass is 10.1. The summed E-state index contributed by atoms with van der Waals surface area (Å²) in [6.45, 7) is 3.65. The van der Waals surface area contributed by atoms with Crippen LogP contribution in [0.2, 0.25) is 0 Å². The first-order valence-electron chi connectivity index (χ1n) is 7.55. The number of carboxylic acids is 1. The van der Waals surface area contributed by atoms with Crippen LogP contribution >= 0.6 is 0 Å². The first-order valence-corrected chi connectivity index (χ1v) is 7.55. The van der Waals surface area contributed by atoms with Crippen molar-refractivity contribution >= 4 is 5.97 Å². The Morgan fingerprint density at radius 3 is 2.64 bits per heavy atom. The molecule has 0 aliphatic carbocycles. The van der Waals surface area contributed by atoms with Gasteiger partial charge in [0.2, 0.25) is 5.88 Å². The van der Waals surface area contributed by atoms with Crippen molar-refractivity contribution < 1.29 is 28.2 Å². The number of carboxylic acid groups (broad SMARTS) is 1. The Kier molecular flexibility index (Phi) is 6.45. The Balaban J connectivity index is 2.22. The monoisotopic (exact) mass is 349 g/mol. The number of ether oxygens (including phenoxy) is 2. The number of nitrogens with zero attached hydrogens (tertiary/aromatic N) is 1. The van der Waals surface area contributed by atoms with Gasteiger partial charge in [0.05, 0.1) is 6.61 Å². The van der Waals surface area contributed by atoms with Gasteiger partial charge in [0.15, 0.2) is 17.4 Å². The molecule has 0 atom stereocenters. The van der Waals surface area contributed by atoms with Crippen LogP contribution in [0.4, 0.5) is 8.78 Å². The van der Waals surface area contributed by atoms with E-state index in [-0.39, 0.29) is 37.5 Å². The second kappa shape index (κ2) is 8.77. The Morgan fingerprint density at radius 1 is 1.28 bits per heavy atom. The van der Waals surface area contributed by atoms with E-state index in [4.69, 9.17) is 14.6 Å². The average molecular weight is 349 g/mol. The minimum atomic E-state index is -0.997. The molecule has 2 aromatic rings. The Morgan fingerprint density at radius 2 is 2.00 bits per heavy atom. The highest BCUT2D eigenvalue weighted by atomic mass is 19.1. The standard InChI is InChI=1S/C18H17F2NO4/c1-2-8-25-18-13(5-3-7-21-18)12-10-14(19)17(15(20)11-12)24-9-4-6-16(22)23/h2-3,5,7,10-11H,1,4,6,8-9H2,(H,22,23). The Hall–Kier alpha value is -2.96. The summed E-state index contributed by atoms with van der Waals surface area (Å²) < 4.78 is 38.8. The molecular weight excluding hydrogens is 332 g/mol. The number of hydrogen-bond acceptors (Lipinski definition) is 4. The molecule has 7 heteroatoms. The highest BCUT2D eigenvalue weighted by Crippen LogP contribution is 2.33. The van der Waals surface area contributed by atoms with Crippen LogP contribution in [-0.4, -0.2) is 29.3 Å². The minimum Gasteiger partial charge on any atom is -0.488 e. The molecule has 5 nitrogen and oxygen atoms in total. The maximum absolute atomic E-state index is 14.2. The number of pyridine rings is 1. The minimum absolute atomic E-state index is 0.0971. The molecule has 1 aromatic heterocycles.